The minimum Gasteiger partial charge on any atom is -0.387 e. The molecule has 3 heterocycles. The highest BCUT2D eigenvalue weighted by Gasteiger charge is 2.56. The van der Waals surface area contributed by atoms with Crippen LogP contribution in [0.3, 0.4) is 0 Å². The van der Waals surface area contributed by atoms with Gasteiger partial charge in [-0.15, -0.1) is 11.8 Å². The van der Waals surface area contributed by atoms with Crippen LogP contribution in [0.5, 0.6) is 0 Å². The van der Waals surface area contributed by atoms with Crippen LogP contribution < -0.4 is 5.56 Å². The Labute approximate surface area is 246 Å². The van der Waals surface area contributed by atoms with Gasteiger partial charge in [0.15, 0.2) is 0 Å². The van der Waals surface area contributed by atoms with E-state index < -0.39 is 11.0 Å². The molecule has 3 fully saturated rings. The number of benzene rings is 2. The molecule has 1 aromatic heterocycles. The molecule has 216 valence electrons. The molecule has 2 unspecified atom stereocenters. The van der Waals surface area contributed by atoms with Gasteiger partial charge in [0.1, 0.15) is 0 Å². The van der Waals surface area contributed by atoms with Crippen molar-refractivity contribution >= 4 is 17.8 Å². The van der Waals surface area contributed by atoms with Crippen molar-refractivity contribution in [3.05, 3.63) is 88.8 Å². The molecule has 1 spiro atoms. The van der Waals surface area contributed by atoms with E-state index in [0.717, 1.165) is 47.3 Å². The number of carbonyl (C=O) groups is 1. The van der Waals surface area contributed by atoms with E-state index in [1.54, 1.807) is 22.4 Å². The van der Waals surface area contributed by atoms with Crippen LogP contribution in [0.25, 0.3) is 11.1 Å². The third-order valence-electron chi connectivity index (χ3n) is 9.49. The molecule has 6 rings (SSSR count). The van der Waals surface area contributed by atoms with E-state index in [9.17, 15) is 14.7 Å². The fourth-order valence-corrected chi connectivity index (χ4v) is 7.82. The number of carbonyl (C=O) groups excluding carboxylic acids is 1. The van der Waals surface area contributed by atoms with Crippen LogP contribution in [0.1, 0.15) is 43.7 Å². The number of rotatable bonds is 5. The number of hydrogen-bond donors (Lipinski definition) is 1. The number of nitrogens with zero attached hydrogens (tertiary/aromatic N) is 3. The molecule has 1 N–H and O–H groups in total. The van der Waals surface area contributed by atoms with Crippen LogP contribution in [-0.2, 0) is 11.3 Å². The summed E-state index contributed by atoms with van der Waals surface area (Å²) in [5, 5.41) is 12.4. The van der Waals surface area contributed by atoms with Gasteiger partial charge >= 0.3 is 6.03 Å². The number of pyridine rings is 1. The molecule has 2 amide bonds. The molecule has 1 saturated carbocycles. The van der Waals surface area contributed by atoms with E-state index in [2.05, 4.69) is 12.1 Å². The Morgan fingerprint density at radius 1 is 1.02 bits per heavy atom. The molecule has 7 nitrogen and oxygen atoms in total. The normalized spacial score (nSPS) is 24.1. The van der Waals surface area contributed by atoms with Crippen LogP contribution in [0.4, 0.5) is 4.79 Å². The van der Waals surface area contributed by atoms with Crippen LogP contribution in [0.2, 0.25) is 0 Å². The van der Waals surface area contributed by atoms with Gasteiger partial charge in [0.2, 0.25) is 0 Å². The zero-order chi connectivity index (χ0) is 28.5. The highest BCUT2D eigenvalue weighted by molar-refractivity contribution is 7.98. The Morgan fingerprint density at radius 2 is 1.73 bits per heavy atom. The predicted octanol–water partition coefficient (Wildman–Crippen LogP) is 5.43. The molecule has 8 heteroatoms. The van der Waals surface area contributed by atoms with Crippen molar-refractivity contribution < 1.29 is 14.6 Å². The fraction of sp³-hybridized carbons (Fsp3) is 0.455. The summed E-state index contributed by atoms with van der Waals surface area (Å²) < 4.78 is 7.47. The van der Waals surface area contributed by atoms with Crippen LogP contribution >= 0.6 is 11.8 Å². The Bertz CT molecular complexity index is 1420. The van der Waals surface area contributed by atoms with E-state index in [0.29, 0.717) is 39.3 Å². The molecule has 1 aliphatic carbocycles. The number of morpholine rings is 1. The lowest BCUT2D eigenvalue weighted by molar-refractivity contribution is -0.137. The maximum Gasteiger partial charge on any atom is 0.320 e. The first-order chi connectivity index (χ1) is 19.9. The maximum absolute atomic E-state index is 14.0. The Balaban J connectivity index is 1.26. The largest absolute Gasteiger partial charge is 0.387 e. The first-order valence-electron chi connectivity index (χ1n) is 14.7. The molecular weight excluding hydrogens is 534 g/mol. The Morgan fingerprint density at radius 3 is 2.44 bits per heavy atom. The van der Waals surface area contributed by atoms with E-state index in [1.165, 1.54) is 0 Å². The number of ether oxygens (including phenoxy) is 1. The second-order valence-electron chi connectivity index (χ2n) is 11.8. The number of piperidine rings is 1. The average molecular weight is 574 g/mol. The molecular formula is C33H39N3O4S. The second-order valence-corrected chi connectivity index (χ2v) is 12.6. The second kappa shape index (κ2) is 11.7. The van der Waals surface area contributed by atoms with Gasteiger partial charge in [0.05, 0.1) is 31.4 Å². The highest BCUT2D eigenvalue weighted by atomic mass is 32.2. The zero-order valence-electron chi connectivity index (χ0n) is 23.7. The monoisotopic (exact) mass is 573 g/mol. The smallest absolute Gasteiger partial charge is 0.320 e. The fourth-order valence-electron chi connectivity index (χ4n) is 7.19. The van der Waals surface area contributed by atoms with Crippen molar-refractivity contribution in [3.8, 4) is 11.1 Å². The lowest BCUT2D eigenvalue weighted by atomic mass is 9.66. The van der Waals surface area contributed by atoms with Gasteiger partial charge in [-0.3, -0.25) is 4.79 Å². The van der Waals surface area contributed by atoms with Crippen molar-refractivity contribution in [2.75, 3.05) is 39.1 Å². The topological polar surface area (TPSA) is 75.0 Å². The van der Waals surface area contributed by atoms with E-state index >= 15 is 0 Å². The maximum atomic E-state index is 14.0. The van der Waals surface area contributed by atoms with Gasteiger partial charge in [-0.1, -0.05) is 73.5 Å². The summed E-state index contributed by atoms with van der Waals surface area (Å²) >= 11 is 1.61. The van der Waals surface area contributed by atoms with Gasteiger partial charge in [-0.05, 0) is 36.6 Å². The van der Waals surface area contributed by atoms with Gasteiger partial charge in [0, 0.05) is 47.8 Å². The van der Waals surface area contributed by atoms with Gasteiger partial charge in [-0.2, -0.15) is 0 Å². The van der Waals surface area contributed by atoms with E-state index in [4.69, 9.17) is 4.74 Å². The summed E-state index contributed by atoms with van der Waals surface area (Å²) in [5.74, 6) is 0. The third kappa shape index (κ3) is 5.33. The van der Waals surface area contributed by atoms with E-state index in [-0.39, 0.29) is 24.2 Å². The van der Waals surface area contributed by atoms with Crippen LogP contribution in [0.15, 0.2) is 82.6 Å². The zero-order valence-corrected chi connectivity index (χ0v) is 24.5. The van der Waals surface area contributed by atoms with Crippen molar-refractivity contribution in [3.63, 3.8) is 0 Å². The first kappa shape index (κ1) is 28.1. The quantitative estimate of drug-likeness (QED) is 0.412. The average Bonchev–Trinajstić information content (AvgIpc) is 3.50. The van der Waals surface area contributed by atoms with Crippen molar-refractivity contribution in [2.24, 2.45) is 5.41 Å². The standard InChI is InChI=1S/C33H39N3O4S/c1-41-29-21-35(30(37)20-27(29)25-10-4-2-5-11-25)24-33(39)16-17-34(23-32(33)14-8-9-15-32)31(38)36-18-19-40-22-28(36)26-12-6-3-7-13-26/h2-7,10-13,20-21,28,39H,8-9,14-19,22-24H2,1H3. The number of amides is 2. The summed E-state index contributed by atoms with van der Waals surface area (Å²) in [5.41, 5.74) is 1.38. The van der Waals surface area contributed by atoms with Crippen LogP contribution in [-0.4, -0.2) is 70.2 Å². The number of likely N-dealkylation sites (tertiary alicyclic amines) is 1. The lowest BCUT2D eigenvalue weighted by Crippen LogP contribution is -2.64. The minimum atomic E-state index is -1.07. The Kier molecular flexibility index (Phi) is 7.99. The minimum absolute atomic E-state index is 0.0181. The SMILES string of the molecule is CSc1cn(CC2(O)CCN(C(=O)N3CCOCC3c3ccccc3)CC23CCCC3)c(=O)cc1-c1ccccc1. The molecule has 41 heavy (non-hydrogen) atoms. The number of aromatic nitrogens is 1. The summed E-state index contributed by atoms with van der Waals surface area (Å²) in [6.07, 6.45) is 8.11. The summed E-state index contributed by atoms with van der Waals surface area (Å²) in [6, 6.07) is 21.6. The molecule has 2 atom stereocenters. The summed E-state index contributed by atoms with van der Waals surface area (Å²) in [4.78, 5) is 32.3. The number of aliphatic hydroxyl groups is 1. The van der Waals surface area contributed by atoms with E-state index in [1.807, 2.05) is 70.8 Å². The highest BCUT2D eigenvalue weighted by Crippen LogP contribution is 2.52. The molecule has 0 bridgehead atoms. The molecule has 0 radical (unpaired) electrons. The van der Waals surface area contributed by atoms with Gasteiger partial charge < -0.3 is 24.2 Å². The molecule has 2 saturated heterocycles. The van der Waals surface area contributed by atoms with Crippen molar-refractivity contribution in [1.29, 1.82) is 0 Å². The molecule has 3 aliphatic rings. The van der Waals surface area contributed by atoms with Crippen molar-refractivity contribution in [1.82, 2.24) is 14.4 Å². The Hall–Kier alpha value is -3.07. The van der Waals surface area contributed by atoms with Crippen molar-refractivity contribution in [2.45, 2.75) is 55.2 Å². The molecule has 2 aromatic carbocycles. The number of thioether (sulfide) groups is 1. The predicted molar refractivity (Wildman–Crippen MR) is 162 cm³/mol. The first-order valence-corrected chi connectivity index (χ1v) is 15.9. The molecule has 2 aliphatic heterocycles. The van der Waals surface area contributed by atoms with Gasteiger partial charge in [0.25, 0.3) is 5.56 Å². The summed E-state index contributed by atoms with van der Waals surface area (Å²) in [6.45, 7) is 2.76. The number of urea groups is 1. The number of hydrogen-bond acceptors (Lipinski definition) is 5. The molecule has 3 aromatic rings. The third-order valence-corrected chi connectivity index (χ3v) is 10.3. The lowest BCUT2D eigenvalue weighted by Gasteiger charge is -2.53. The van der Waals surface area contributed by atoms with Gasteiger partial charge in [-0.25, -0.2) is 4.79 Å². The summed E-state index contributed by atoms with van der Waals surface area (Å²) in [7, 11) is 0. The van der Waals surface area contributed by atoms with Crippen LogP contribution in [0, 0.1) is 5.41 Å².